The van der Waals surface area contributed by atoms with E-state index in [1.807, 2.05) is 13.0 Å². The third-order valence-electron chi connectivity index (χ3n) is 5.89. The van der Waals surface area contributed by atoms with Crippen LogP contribution in [0, 0.1) is 18.6 Å². The number of carbonyl (C=O) groups is 1. The van der Waals surface area contributed by atoms with Gasteiger partial charge >= 0.3 is 0 Å². The predicted molar refractivity (Wildman–Crippen MR) is 125 cm³/mol. The maximum atomic E-state index is 15.0. The number of anilines is 2. The lowest BCUT2D eigenvalue weighted by Gasteiger charge is -2.39. The number of hydrogen-bond donors (Lipinski definition) is 1. The Hall–Kier alpha value is -3.61. The molecule has 0 radical (unpaired) electrons. The fourth-order valence-corrected chi connectivity index (χ4v) is 4.23. The SMILES string of the molecule is COc1cccc(F)c1-c1ccc2c(c1COc1cc(F)ccc1C)N(C)C(=O)C(C)(C)N2. The molecule has 1 aliphatic rings. The van der Waals surface area contributed by atoms with Gasteiger partial charge in [-0.1, -0.05) is 18.2 Å². The molecule has 1 N–H and O–H groups in total. The summed E-state index contributed by atoms with van der Waals surface area (Å²) < 4.78 is 40.3. The molecule has 0 unspecified atom stereocenters. The molecule has 3 aromatic rings. The molecule has 0 saturated carbocycles. The van der Waals surface area contributed by atoms with Crippen molar-refractivity contribution in [2.75, 3.05) is 24.4 Å². The largest absolute Gasteiger partial charge is 0.496 e. The van der Waals surface area contributed by atoms with Crippen LogP contribution in [0.3, 0.4) is 0 Å². The number of aryl methyl sites for hydroxylation is 1. The number of methoxy groups -OCH3 is 1. The predicted octanol–water partition coefficient (Wildman–Crippen LogP) is 5.69. The molecule has 0 saturated heterocycles. The highest BCUT2D eigenvalue weighted by atomic mass is 19.1. The summed E-state index contributed by atoms with van der Waals surface area (Å²) in [4.78, 5) is 14.6. The van der Waals surface area contributed by atoms with Crippen molar-refractivity contribution in [1.82, 2.24) is 0 Å². The molecule has 1 heterocycles. The van der Waals surface area contributed by atoms with E-state index >= 15 is 4.39 Å². The first-order valence-corrected chi connectivity index (χ1v) is 10.6. The third kappa shape index (κ3) is 3.99. The van der Waals surface area contributed by atoms with Crippen LogP contribution in [0.15, 0.2) is 48.5 Å². The maximum absolute atomic E-state index is 15.0. The number of likely N-dealkylation sites (N-methyl/N-ethyl adjacent to an activating group) is 1. The first kappa shape index (κ1) is 22.6. The summed E-state index contributed by atoms with van der Waals surface area (Å²) in [5.74, 6) is -0.294. The van der Waals surface area contributed by atoms with Gasteiger partial charge in [0.05, 0.1) is 24.0 Å². The number of hydrogen-bond acceptors (Lipinski definition) is 4. The Morgan fingerprint density at radius 1 is 1.06 bits per heavy atom. The molecule has 33 heavy (non-hydrogen) atoms. The molecule has 7 heteroatoms. The van der Waals surface area contributed by atoms with Crippen LogP contribution in [-0.2, 0) is 11.4 Å². The standard InChI is InChI=1S/C26H26F2N2O3/c1-15-9-10-16(27)13-22(15)33-14-18-17(23-19(28)7-6-8-21(23)32-5)11-12-20-24(18)30(4)25(31)26(2,3)29-20/h6-13,29H,14H2,1-5H3. The molecule has 0 spiro atoms. The van der Waals surface area contributed by atoms with Gasteiger partial charge in [-0.3, -0.25) is 4.79 Å². The molecule has 1 aliphatic heterocycles. The Morgan fingerprint density at radius 2 is 1.82 bits per heavy atom. The van der Waals surface area contributed by atoms with Gasteiger partial charge in [-0.25, -0.2) is 8.78 Å². The zero-order valence-electron chi connectivity index (χ0n) is 19.3. The van der Waals surface area contributed by atoms with Crippen LogP contribution >= 0.6 is 0 Å². The molecule has 5 nitrogen and oxygen atoms in total. The highest BCUT2D eigenvalue weighted by Crippen LogP contribution is 2.45. The summed E-state index contributed by atoms with van der Waals surface area (Å²) in [7, 11) is 3.16. The highest BCUT2D eigenvalue weighted by molar-refractivity contribution is 6.08. The highest BCUT2D eigenvalue weighted by Gasteiger charge is 2.39. The number of rotatable bonds is 5. The number of halogens is 2. The molecule has 0 aliphatic carbocycles. The molecule has 3 aromatic carbocycles. The van der Waals surface area contributed by atoms with E-state index in [0.717, 1.165) is 11.3 Å². The van der Waals surface area contributed by atoms with Crippen molar-refractivity contribution in [3.63, 3.8) is 0 Å². The van der Waals surface area contributed by atoms with E-state index in [4.69, 9.17) is 9.47 Å². The van der Waals surface area contributed by atoms with Crippen molar-refractivity contribution >= 4 is 17.3 Å². The molecular weight excluding hydrogens is 426 g/mol. The number of amides is 1. The smallest absolute Gasteiger partial charge is 0.251 e. The summed E-state index contributed by atoms with van der Waals surface area (Å²) in [6, 6.07) is 12.5. The van der Waals surface area contributed by atoms with Gasteiger partial charge in [0.1, 0.15) is 35.3 Å². The first-order valence-electron chi connectivity index (χ1n) is 10.6. The molecule has 0 atom stereocenters. The van der Waals surface area contributed by atoms with Crippen LogP contribution in [0.1, 0.15) is 25.0 Å². The van der Waals surface area contributed by atoms with Crippen molar-refractivity contribution in [3.05, 3.63) is 71.3 Å². The minimum atomic E-state index is -0.809. The molecule has 0 aromatic heterocycles. The monoisotopic (exact) mass is 452 g/mol. The second-order valence-electron chi connectivity index (χ2n) is 8.62. The molecule has 1 amide bonds. The summed E-state index contributed by atoms with van der Waals surface area (Å²) in [5.41, 5.74) is 2.62. The number of fused-ring (bicyclic) bond motifs is 1. The Kier molecular flexibility index (Phi) is 5.74. The number of benzene rings is 3. The summed E-state index contributed by atoms with van der Waals surface area (Å²) in [5, 5.41) is 3.27. The zero-order chi connectivity index (χ0) is 23.9. The van der Waals surface area contributed by atoms with E-state index in [1.165, 1.54) is 25.3 Å². The average Bonchev–Trinajstić information content (AvgIpc) is 2.77. The van der Waals surface area contributed by atoms with Gasteiger partial charge in [-0.15, -0.1) is 0 Å². The van der Waals surface area contributed by atoms with E-state index in [0.29, 0.717) is 28.3 Å². The number of nitrogens with one attached hydrogen (secondary N) is 1. The minimum Gasteiger partial charge on any atom is -0.496 e. The van der Waals surface area contributed by atoms with E-state index in [9.17, 15) is 9.18 Å². The molecule has 0 bridgehead atoms. The number of carbonyl (C=O) groups excluding carboxylic acids is 1. The first-order chi connectivity index (χ1) is 15.6. The number of nitrogens with zero attached hydrogens (tertiary/aromatic N) is 1. The Bertz CT molecular complexity index is 1240. The normalized spacial score (nSPS) is 14.5. The average molecular weight is 453 g/mol. The van der Waals surface area contributed by atoms with Gasteiger partial charge in [-0.05, 0) is 56.2 Å². The van der Waals surface area contributed by atoms with Crippen LogP contribution in [0.25, 0.3) is 11.1 Å². The summed E-state index contributed by atoms with van der Waals surface area (Å²) >= 11 is 0. The Balaban J connectivity index is 1.92. The Labute approximate surface area is 191 Å². The van der Waals surface area contributed by atoms with Crippen molar-refractivity contribution in [1.29, 1.82) is 0 Å². The lowest BCUT2D eigenvalue weighted by atomic mass is 9.91. The van der Waals surface area contributed by atoms with Crippen molar-refractivity contribution in [2.24, 2.45) is 0 Å². The van der Waals surface area contributed by atoms with Crippen LogP contribution in [-0.4, -0.2) is 25.6 Å². The van der Waals surface area contributed by atoms with Crippen LogP contribution < -0.4 is 19.7 Å². The van der Waals surface area contributed by atoms with Gasteiger partial charge < -0.3 is 19.7 Å². The second kappa shape index (κ2) is 8.39. The summed E-state index contributed by atoms with van der Waals surface area (Å²) in [6.07, 6.45) is 0. The van der Waals surface area contributed by atoms with Crippen molar-refractivity contribution in [3.8, 4) is 22.6 Å². The van der Waals surface area contributed by atoms with Crippen LogP contribution in [0.2, 0.25) is 0 Å². The topological polar surface area (TPSA) is 50.8 Å². The van der Waals surface area contributed by atoms with E-state index in [-0.39, 0.29) is 18.1 Å². The molecule has 0 fully saturated rings. The maximum Gasteiger partial charge on any atom is 0.251 e. The minimum absolute atomic E-state index is 0.0139. The van der Waals surface area contributed by atoms with E-state index in [2.05, 4.69) is 5.32 Å². The van der Waals surface area contributed by atoms with Gasteiger partial charge in [0.15, 0.2) is 0 Å². The van der Waals surface area contributed by atoms with Gasteiger partial charge in [0.25, 0.3) is 5.91 Å². The van der Waals surface area contributed by atoms with Crippen LogP contribution in [0.4, 0.5) is 20.2 Å². The fourth-order valence-electron chi connectivity index (χ4n) is 4.23. The van der Waals surface area contributed by atoms with Gasteiger partial charge in [0.2, 0.25) is 0 Å². The molecular formula is C26H26F2N2O3. The van der Waals surface area contributed by atoms with Crippen LogP contribution in [0.5, 0.6) is 11.5 Å². The molecule has 172 valence electrons. The van der Waals surface area contributed by atoms with Gasteiger partial charge in [-0.2, -0.15) is 0 Å². The van der Waals surface area contributed by atoms with E-state index in [1.54, 1.807) is 50.1 Å². The fraction of sp³-hybridized carbons (Fsp3) is 0.269. The quantitative estimate of drug-likeness (QED) is 0.540. The van der Waals surface area contributed by atoms with Crippen molar-refractivity contribution < 1.29 is 23.0 Å². The zero-order valence-corrected chi connectivity index (χ0v) is 19.3. The Morgan fingerprint density at radius 3 is 2.55 bits per heavy atom. The lowest BCUT2D eigenvalue weighted by molar-refractivity contribution is -0.121. The van der Waals surface area contributed by atoms with E-state index < -0.39 is 17.2 Å². The number of ether oxygens (including phenoxy) is 2. The van der Waals surface area contributed by atoms with Crippen molar-refractivity contribution in [2.45, 2.75) is 32.9 Å². The van der Waals surface area contributed by atoms with Gasteiger partial charge in [0, 0.05) is 18.7 Å². The molecule has 4 rings (SSSR count). The third-order valence-corrected chi connectivity index (χ3v) is 5.89. The lowest BCUT2D eigenvalue weighted by Crippen LogP contribution is -2.52. The summed E-state index contributed by atoms with van der Waals surface area (Å²) in [6.45, 7) is 5.40. The second-order valence-corrected chi connectivity index (χ2v) is 8.62.